The topological polar surface area (TPSA) is 109 Å². The second-order valence-corrected chi connectivity index (χ2v) is 2.38. The molecule has 1 aliphatic rings. The van der Waals surface area contributed by atoms with Crippen molar-refractivity contribution in [3.63, 3.8) is 0 Å². The molecule has 1 aliphatic heterocycles. The van der Waals surface area contributed by atoms with Crippen molar-refractivity contribution in [1.82, 2.24) is 25.9 Å². The summed E-state index contributed by atoms with van der Waals surface area (Å²) in [5, 5.41) is 20.6. The molecule has 0 fully saturated rings. The molecular formula is C5H3N8O2. The number of hydrazone groups is 1. The summed E-state index contributed by atoms with van der Waals surface area (Å²) in [7, 11) is 0. The average Bonchev–Trinajstić information content (AvgIpc) is 3.01. The van der Waals surface area contributed by atoms with E-state index in [1.807, 2.05) is 0 Å². The number of aromatic nitrogens is 4. The lowest BCUT2D eigenvalue weighted by Crippen LogP contribution is -2.43. The summed E-state index contributed by atoms with van der Waals surface area (Å²) >= 11 is 0. The molecule has 2 aromatic heterocycles. The quantitative estimate of drug-likeness (QED) is 0.664. The molecule has 0 spiro atoms. The molecule has 0 saturated heterocycles. The zero-order valence-electron chi connectivity index (χ0n) is 7.10. The molecule has 3 rings (SSSR count). The first-order valence-electron chi connectivity index (χ1n) is 3.78. The number of nitrogens with zero attached hydrogens (tertiary/aromatic N) is 7. The monoisotopic (exact) mass is 207 g/mol. The van der Waals surface area contributed by atoms with Crippen LogP contribution in [0.15, 0.2) is 26.7 Å². The van der Waals surface area contributed by atoms with Crippen LogP contribution in [0.4, 0.5) is 12.0 Å². The van der Waals surface area contributed by atoms with Crippen molar-refractivity contribution in [2.24, 2.45) is 5.10 Å². The van der Waals surface area contributed by atoms with Crippen molar-refractivity contribution in [2.75, 3.05) is 10.1 Å². The molecule has 2 aromatic rings. The molecule has 0 saturated carbocycles. The van der Waals surface area contributed by atoms with E-state index in [9.17, 15) is 0 Å². The predicted molar refractivity (Wildman–Crippen MR) is 44.1 cm³/mol. The largest absolute Gasteiger partial charge is 0.409 e. The van der Waals surface area contributed by atoms with Gasteiger partial charge in [0.05, 0.1) is 0 Å². The molecule has 10 heteroatoms. The summed E-state index contributed by atoms with van der Waals surface area (Å²) in [6.07, 6.45) is 4.91. The van der Waals surface area contributed by atoms with Crippen LogP contribution in [0.1, 0.15) is 0 Å². The van der Waals surface area contributed by atoms with Gasteiger partial charge in [0.1, 0.15) is 0 Å². The molecule has 1 radical (unpaired) electrons. The lowest BCUT2D eigenvalue weighted by Gasteiger charge is -2.18. The third kappa shape index (κ3) is 1.15. The highest BCUT2D eigenvalue weighted by Crippen LogP contribution is 2.17. The molecule has 0 amide bonds. The van der Waals surface area contributed by atoms with Gasteiger partial charge in [-0.1, -0.05) is 10.2 Å². The first kappa shape index (κ1) is 7.73. The van der Waals surface area contributed by atoms with E-state index < -0.39 is 0 Å². The standard InChI is InChI=1S/C5H3N8O2/c1-6-11-13(5-10-8-3-15-5)12(1)4-9-7-2-14-4/h2-3,11H. The summed E-state index contributed by atoms with van der Waals surface area (Å²) < 4.78 is 9.91. The Hall–Kier alpha value is -2.65. The van der Waals surface area contributed by atoms with Crippen molar-refractivity contribution in [1.29, 1.82) is 0 Å². The Morgan fingerprint density at radius 2 is 1.87 bits per heavy atom. The van der Waals surface area contributed by atoms with Gasteiger partial charge in [0.25, 0.3) is 0 Å². The molecule has 0 bridgehead atoms. The van der Waals surface area contributed by atoms with Gasteiger partial charge in [-0.3, -0.25) is 0 Å². The Balaban J connectivity index is 1.92. The highest BCUT2D eigenvalue weighted by Gasteiger charge is 2.28. The fraction of sp³-hybridized carbons (Fsp3) is 0. The summed E-state index contributed by atoms with van der Waals surface area (Å²) in [5.74, 6) is 0. The Bertz CT molecular complexity index is 449. The smallest absolute Gasteiger partial charge is 0.359 e. The number of rotatable bonds is 2. The molecular weight excluding hydrogens is 204 g/mol. The maximum atomic E-state index is 4.96. The maximum Gasteiger partial charge on any atom is 0.359 e. The number of nitrogens with one attached hydrogen (secondary N) is 1. The third-order valence-electron chi connectivity index (χ3n) is 1.55. The van der Waals surface area contributed by atoms with Crippen LogP contribution in [0.3, 0.4) is 0 Å². The van der Waals surface area contributed by atoms with Crippen molar-refractivity contribution in [2.45, 2.75) is 0 Å². The van der Waals surface area contributed by atoms with Gasteiger partial charge in [-0.05, 0) is 0 Å². The van der Waals surface area contributed by atoms with Crippen LogP contribution < -0.4 is 15.7 Å². The van der Waals surface area contributed by atoms with E-state index >= 15 is 0 Å². The van der Waals surface area contributed by atoms with Crippen LogP contribution in [0.25, 0.3) is 0 Å². The van der Waals surface area contributed by atoms with Gasteiger partial charge in [0, 0.05) is 0 Å². The Morgan fingerprint density at radius 3 is 2.53 bits per heavy atom. The van der Waals surface area contributed by atoms with Crippen LogP contribution >= 0.6 is 0 Å². The number of hydrazine groups is 2. The first-order valence-corrected chi connectivity index (χ1v) is 3.78. The number of hydrogen-bond acceptors (Lipinski definition) is 10. The highest BCUT2D eigenvalue weighted by atomic mass is 16.4. The van der Waals surface area contributed by atoms with Crippen LogP contribution in [-0.4, -0.2) is 26.7 Å². The van der Waals surface area contributed by atoms with Crippen LogP contribution in [0, 0.1) is 0 Å². The summed E-state index contributed by atoms with van der Waals surface area (Å²) in [6, 6.07) is 0.337. The fourth-order valence-electron chi connectivity index (χ4n) is 0.982. The van der Waals surface area contributed by atoms with Crippen LogP contribution in [-0.2, 0) is 0 Å². The average molecular weight is 207 g/mol. The lowest BCUT2D eigenvalue weighted by atomic mass is 10.9. The minimum atomic E-state index is 0.168. The zero-order chi connectivity index (χ0) is 10.1. The molecule has 0 unspecified atom stereocenters. The molecule has 0 aliphatic carbocycles. The molecule has 15 heavy (non-hydrogen) atoms. The predicted octanol–water partition coefficient (Wildman–Crippen LogP) is -0.981. The minimum Gasteiger partial charge on any atom is -0.409 e. The van der Waals surface area contributed by atoms with E-state index in [4.69, 9.17) is 8.83 Å². The van der Waals surface area contributed by atoms with E-state index in [1.165, 1.54) is 22.9 Å². The first-order chi connectivity index (χ1) is 7.45. The van der Waals surface area contributed by atoms with Crippen LogP contribution in [0.5, 0.6) is 0 Å². The van der Waals surface area contributed by atoms with Crippen molar-refractivity contribution >= 4 is 18.4 Å². The van der Waals surface area contributed by atoms with Gasteiger partial charge in [-0.2, -0.15) is 10.5 Å². The minimum absolute atomic E-state index is 0.168. The molecule has 0 aromatic carbocycles. The van der Waals surface area contributed by atoms with Gasteiger partial charge in [-0.15, -0.1) is 20.4 Å². The summed E-state index contributed by atoms with van der Waals surface area (Å²) in [6.45, 7) is 0. The Kier molecular flexibility index (Phi) is 1.51. The molecule has 10 nitrogen and oxygen atoms in total. The second kappa shape index (κ2) is 2.94. The summed E-state index contributed by atoms with van der Waals surface area (Å²) in [4.78, 5) is 0. The molecule has 1 N–H and O–H groups in total. The number of hydrogen-bond donors (Lipinski definition) is 1. The maximum absolute atomic E-state index is 4.96. The van der Waals surface area contributed by atoms with Crippen molar-refractivity contribution < 1.29 is 8.83 Å². The molecule has 75 valence electrons. The highest BCUT2D eigenvalue weighted by molar-refractivity contribution is 5.79. The van der Waals surface area contributed by atoms with E-state index in [0.717, 1.165) is 0 Å². The van der Waals surface area contributed by atoms with Crippen molar-refractivity contribution in [3.05, 3.63) is 12.8 Å². The zero-order valence-corrected chi connectivity index (χ0v) is 7.10. The van der Waals surface area contributed by atoms with E-state index in [2.05, 4.69) is 37.4 Å². The number of anilines is 2. The normalized spacial score (nSPS) is 14.7. The van der Waals surface area contributed by atoms with Crippen molar-refractivity contribution in [3.8, 4) is 0 Å². The lowest BCUT2D eigenvalue weighted by molar-refractivity contribution is 0.494. The van der Waals surface area contributed by atoms with E-state index in [1.54, 1.807) is 0 Å². The summed E-state index contributed by atoms with van der Waals surface area (Å²) in [5.41, 5.74) is 2.55. The van der Waals surface area contributed by atoms with Gasteiger partial charge in [0.15, 0.2) is 0 Å². The SMILES string of the molecule is [C]1=NNN(c2nnco2)N1c1nnco1. The molecule has 0 atom stereocenters. The van der Waals surface area contributed by atoms with Gasteiger partial charge in [0.2, 0.25) is 19.1 Å². The Labute approximate surface area is 82.1 Å². The van der Waals surface area contributed by atoms with Gasteiger partial charge < -0.3 is 8.83 Å². The molecule has 3 heterocycles. The van der Waals surface area contributed by atoms with E-state index in [-0.39, 0.29) is 12.0 Å². The second-order valence-electron chi connectivity index (χ2n) is 2.38. The van der Waals surface area contributed by atoms with Gasteiger partial charge >= 0.3 is 12.0 Å². The van der Waals surface area contributed by atoms with Gasteiger partial charge in [-0.25, -0.2) is 0 Å². The third-order valence-corrected chi connectivity index (χ3v) is 1.55. The van der Waals surface area contributed by atoms with Crippen LogP contribution in [0.2, 0.25) is 0 Å². The Morgan fingerprint density at radius 1 is 1.13 bits per heavy atom. The fourth-order valence-corrected chi connectivity index (χ4v) is 0.982. The van der Waals surface area contributed by atoms with E-state index in [0.29, 0.717) is 0 Å².